The zero-order valence-electron chi connectivity index (χ0n) is 18.0. The number of nitrogens with one attached hydrogen (secondary N) is 1. The lowest BCUT2D eigenvalue weighted by atomic mass is 9.79. The van der Waals surface area contributed by atoms with Gasteiger partial charge in [-0.05, 0) is 31.9 Å². The Labute approximate surface area is 183 Å². The van der Waals surface area contributed by atoms with Gasteiger partial charge in [0, 0.05) is 55.7 Å². The van der Waals surface area contributed by atoms with Crippen LogP contribution in [0.2, 0.25) is 0 Å². The van der Waals surface area contributed by atoms with Crippen LogP contribution >= 0.6 is 11.3 Å². The summed E-state index contributed by atoms with van der Waals surface area (Å²) in [6.45, 7) is 5.97. The van der Waals surface area contributed by atoms with Crippen LogP contribution in [0.1, 0.15) is 72.3 Å². The Morgan fingerprint density at radius 1 is 1.03 bits per heavy atom. The quantitative estimate of drug-likeness (QED) is 0.570. The predicted molar refractivity (Wildman–Crippen MR) is 118 cm³/mol. The van der Waals surface area contributed by atoms with E-state index in [-0.39, 0.29) is 48.7 Å². The van der Waals surface area contributed by atoms with E-state index in [9.17, 15) is 14.4 Å². The van der Waals surface area contributed by atoms with Crippen molar-refractivity contribution < 1.29 is 19.1 Å². The van der Waals surface area contributed by atoms with Crippen LogP contribution in [-0.4, -0.2) is 60.8 Å². The van der Waals surface area contributed by atoms with Gasteiger partial charge >= 0.3 is 0 Å². The molecule has 1 amide bonds. The summed E-state index contributed by atoms with van der Waals surface area (Å²) < 4.78 is 5.51. The number of Topliss-reactive ketones (excluding diaryl/α,β-unsaturated/α-hetero) is 2. The number of thiophene rings is 1. The first kappa shape index (κ1) is 23.1. The van der Waals surface area contributed by atoms with Gasteiger partial charge in [0.15, 0.2) is 5.78 Å². The molecular formula is C23H34N2O4S. The normalized spacial score (nSPS) is 19.4. The van der Waals surface area contributed by atoms with E-state index in [1.54, 1.807) is 0 Å². The Hall–Kier alpha value is -1.57. The minimum absolute atomic E-state index is 0.00986. The van der Waals surface area contributed by atoms with Gasteiger partial charge in [0.25, 0.3) is 0 Å². The molecule has 0 atom stereocenters. The van der Waals surface area contributed by atoms with Crippen LogP contribution in [-0.2, 0) is 14.3 Å². The molecule has 0 radical (unpaired) electrons. The third kappa shape index (κ3) is 6.46. The standard InChI is InChI=1S/C23H34N2O4S/c1-18-5-9-21(30-18)20(27)8-6-19(26)7-10-22(28)24-17-23(11-3-2-4-12-23)25-13-15-29-16-14-25/h5,9H,2-4,6-8,10-17H2,1H3,(H,24,28). The molecule has 0 aromatic carbocycles. The van der Waals surface area contributed by atoms with Crippen LogP contribution in [0.15, 0.2) is 12.1 Å². The van der Waals surface area contributed by atoms with E-state index in [4.69, 9.17) is 4.74 Å². The Morgan fingerprint density at radius 3 is 2.40 bits per heavy atom. The van der Waals surface area contributed by atoms with Crippen molar-refractivity contribution >= 4 is 28.8 Å². The molecule has 7 heteroatoms. The Balaban J connectivity index is 1.39. The van der Waals surface area contributed by atoms with Crippen molar-refractivity contribution in [1.82, 2.24) is 10.2 Å². The first-order valence-corrected chi connectivity index (χ1v) is 12.0. The number of nitrogens with zero attached hydrogens (tertiary/aromatic N) is 1. The molecule has 1 N–H and O–H groups in total. The van der Waals surface area contributed by atoms with Crippen molar-refractivity contribution in [2.75, 3.05) is 32.8 Å². The van der Waals surface area contributed by atoms with Gasteiger partial charge < -0.3 is 10.1 Å². The highest BCUT2D eigenvalue weighted by Gasteiger charge is 2.38. The van der Waals surface area contributed by atoms with Gasteiger partial charge in [-0.3, -0.25) is 19.3 Å². The second-order valence-electron chi connectivity index (χ2n) is 8.53. The number of amides is 1. The number of carbonyl (C=O) groups is 3. The molecule has 1 saturated heterocycles. The summed E-state index contributed by atoms with van der Waals surface area (Å²) in [5.74, 6) is -0.0789. The van der Waals surface area contributed by atoms with Gasteiger partial charge in [-0.2, -0.15) is 0 Å². The van der Waals surface area contributed by atoms with Crippen LogP contribution in [0.4, 0.5) is 0 Å². The molecule has 1 aliphatic carbocycles. The predicted octanol–water partition coefficient (Wildman–Crippen LogP) is 3.52. The van der Waals surface area contributed by atoms with E-state index >= 15 is 0 Å². The molecule has 1 aromatic rings. The fourth-order valence-electron chi connectivity index (χ4n) is 4.54. The molecule has 2 heterocycles. The zero-order valence-corrected chi connectivity index (χ0v) is 18.9. The molecule has 6 nitrogen and oxygen atoms in total. The van der Waals surface area contributed by atoms with E-state index in [0.29, 0.717) is 11.4 Å². The molecular weight excluding hydrogens is 400 g/mol. The summed E-state index contributed by atoms with van der Waals surface area (Å²) >= 11 is 1.46. The van der Waals surface area contributed by atoms with Gasteiger partial charge in [-0.25, -0.2) is 0 Å². The van der Waals surface area contributed by atoms with Gasteiger partial charge in [0.2, 0.25) is 5.91 Å². The van der Waals surface area contributed by atoms with Crippen molar-refractivity contribution in [2.45, 2.75) is 70.3 Å². The van der Waals surface area contributed by atoms with Gasteiger partial charge in [0.1, 0.15) is 5.78 Å². The minimum atomic E-state index is -0.0678. The number of morpholine rings is 1. The fourth-order valence-corrected chi connectivity index (χ4v) is 5.38. The van der Waals surface area contributed by atoms with Crippen molar-refractivity contribution in [3.8, 4) is 0 Å². The van der Waals surface area contributed by atoms with Crippen LogP contribution in [0.25, 0.3) is 0 Å². The number of carbonyl (C=O) groups excluding carboxylic acids is 3. The Kier molecular flexibility index (Phi) is 8.60. The number of ketones is 2. The molecule has 1 aliphatic heterocycles. The van der Waals surface area contributed by atoms with Crippen LogP contribution in [0.3, 0.4) is 0 Å². The number of hydrogen-bond acceptors (Lipinski definition) is 6. The number of aryl methyl sites for hydroxylation is 1. The lowest BCUT2D eigenvalue weighted by molar-refractivity contribution is -0.126. The first-order valence-electron chi connectivity index (χ1n) is 11.2. The molecule has 2 aliphatic rings. The van der Waals surface area contributed by atoms with Crippen LogP contribution in [0.5, 0.6) is 0 Å². The molecule has 3 rings (SSSR count). The summed E-state index contributed by atoms with van der Waals surface area (Å²) in [7, 11) is 0. The molecule has 166 valence electrons. The van der Waals surface area contributed by atoms with E-state index < -0.39 is 0 Å². The molecule has 0 spiro atoms. The maximum Gasteiger partial charge on any atom is 0.220 e. The van der Waals surface area contributed by atoms with E-state index in [1.807, 2.05) is 19.1 Å². The Morgan fingerprint density at radius 2 is 1.73 bits per heavy atom. The second kappa shape index (κ2) is 11.2. The van der Waals surface area contributed by atoms with E-state index in [2.05, 4.69) is 10.2 Å². The smallest absolute Gasteiger partial charge is 0.220 e. The first-order chi connectivity index (χ1) is 14.5. The molecule has 0 bridgehead atoms. The maximum absolute atomic E-state index is 12.4. The highest BCUT2D eigenvalue weighted by Crippen LogP contribution is 2.33. The third-order valence-corrected chi connectivity index (χ3v) is 7.40. The average molecular weight is 435 g/mol. The van der Waals surface area contributed by atoms with E-state index in [0.717, 1.165) is 44.0 Å². The summed E-state index contributed by atoms with van der Waals surface area (Å²) in [6.07, 6.45) is 6.71. The van der Waals surface area contributed by atoms with Crippen molar-refractivity contribution in [3.63, 3.8) is 0 Å². The van der Waals surface area contributed by atoms with Crippen LogP contribution in [0, 0.1) is 6.92 Å². The highest BCUT2D eigenvalue weighted by atomic mass is 32.1. The molecule has 1 saturated carbocycles. The number of hydrogen-bond donors (Lipinski definition) is 1. The van der Waals surface area contributed by atoms with Crippen molar-refractivity contribution in [3.05, 3.63) is 21.9 Å². The fraction of sp³-hybridized carbons (Fsp3) is 0.696. The lowest BCUT2D eigenvalue weighted by Crippen LogP contribution is -2.59. The number of ether oxygens (including phenoxy) is 1. The minimum Gasteiger partial charge on any atom is -0.379 e. The Bertz CT molecular complexity index is 733. The summed E-state index contributed by atoms with van der Waals surface area (Å²) in [5, 5.41) is 3.10. The van der Waals surface area contributed by atoms with Gasteiger partial charge in [-0.1, -0.05) is 19.3 Å². The second-order valence-corrected chi connectivity index (χ2v) is 9.82. The zero-order chi connectivity index (χ0) is 21.4. The SMILES string of the molecule is Cc1ccc(C(=O)CCC(=O)CCC(=O)NCC2(N3CCOCC3)CCCCC2)s1. The van der Waals surface area contributed by atoms with Crippen molar-refractivity contribution in [2.24, 2.45) is 0 Å². The lowest BCUT2D eigenvalue weighted by Gasteiger charge is -2.48. The molecule has 30 heavy (non-hydrogen) atoms. The monoisotopic (exact) mass is 434 g/mol. The maximum atomic E-state index is 12.4. The topological polar surface area (TPSA) is 75.7 Å². The molecule has 1 aromatic heterocycles. The van der Waals surface area contributed by atoms with E-state index in [1.165, 1.54) is 30.6 Å². The van der Waals surface area contributed by atoms with Gasteiger partial charge in [0.05, 0.1) is 18.1 Å². The largest absolute Gasteiger partial charge is 0.379 e. The molecule has 0 unspecified atom stereocenters. The number of rotatable bonds is 10. The highest BCUT2D eigenvalue weighted by molar-refractivity contribution is 7.14. The van der Waals surface area contributed by atoms with Crippen LogP contribution < -0.4 is 5.32 Å². The van der Waals surface area contributed by atoms with Gasteiger partial charge in [-0.15, -0.1) is 11.3 Å². The third-order valence-electron chi connectivity index (χ3n) is 6.36. The average Bonchev–Trinajstić information content (AvgIpc) is 3.22. The molecule has 2 fully saturated rings. The van der Waals surface area contributed by atoms with Crippen molar-refractivity contribution in [1.29, 1.82) is 0 Å². The summed E-state index contributed by atoms with van der Waals surface area (Å²) in [6, 6.07) is 3.73. The summed E-state index contributed by atoms with van der Waals surface area (Å²) in [5.41, 5.74) is 0.0347. The summed E-state index contributed by atoms with van der Waals surface area (Å²) in [4.78, 5) is 41.0.